The van der Waals surface area contributed by atoms with Crippen LogP contribution in [0.5, 0.6) is 5.75 Å². The summed E-state index contributed by atoms with van der Waals surface area (Å²) in [5.41, 5.74) is 3.79. The van der Waals surface area contributed by atoms with Crippen LogP contribution >= 0.6 is 0 Å². The minimum atomic E-state index is 0.216. The van der Waals surface area contributed by atoms with Gasteiger partial charge in [-0.15, -0.1) is 4.91 Å². The van der Waals surface area contributed by atoms with Crippen LogP contribution in [0.4, 0.5) is 5.69 Å². The quantitative estimate of drug-likeness (QED) is 0.390. The molecule has 2 aromatic carbocycles. The highest BCUT2D eigenvalue weighted by atomic mass is 16.6. The van der Waals surface area contributed by atoms with E-state index in [1.165, 1.54) is 7.11 Å². The number of rotatable bonds is 6. The molecule has 0 bridgehead atoms. The molecule has 0 unspecified atom stereocenters. The van der Waals surface area contributed by atoms with Gasteiger partial charge in [0, 0.05) is 5.56 Å². The van der Waals surface area contributed by atoms with Crippen molar-refractivity contribution in [2.45, 2.75) is 13.5 Å². The van der Waals surface area contributed by atoms with Gasteiger partial charge in [-0.1, -0.05) is 11.2 Å². The number of hydrogen-bond acceptors (Lipinski definition) is 8. The Balaban J connectivity index is 1.70. The maximum absolute atomic E-state index is 10.8. The van der Waals surface area contributed by atoms with Crippen molar-refractivity contribution in [1.82, 2.24) is 10.3 Å². The van der Waals surface area contributed by atoms with Gasteiger partial charge in [-0.3, -0.25) is 0 Å². The summed E-state index contributed by atoms with van der Waals surface area (Å²) in [6.45, 7) is 2.05. The van der Waals surface area contributed by atoms with E-state index in [9.17, 15) is 4.91 Å². The summed E-state index contributed by atoms with van der Waals surface area (Å²) in [4.78, 5) is 16.2. The van der Waals surface area contributed by atoms with Crippen LogP contribution in [0.3, 0.4) is 0 Å². The highest BCUT2D eigenvalue weighted by Gasteiger charge is 2.07. The predicted octanol–water partition coefficient (Wildman–Crippen LogP) is 3.57. The summed E-state index contributed by atoms with van der Waals surface area (Å²) >= 11 is 0. The van der Waals surface area contributed by atoms with E-state index in [0.29, 0.717) is 22.5 Å². The molecule has 3 rings (SSSR count). The molecule has 0 saturated heterocycles. The van der Waals surface area contributed by atoms with Gasteiger partial charge in [-0.25, -0.2) is 4.63 Å². The Bertz CT molecular complexity index is 904. The smallest absolute Gasteiger partial charge is 0.150 e. The van der Waals surface area contributed by atoms with Crippen molar-refractivity contribution in [2.24, 2.45) is 10.3 Å². The van der Waals surface area contributed by atoms with E-state index >= 15 is 0 Å². The van der Waals surface area contributed by atoms with E-state index in [-0.39, 0.29) is 12.3 Å². The number of nitroso groups, excluding NO2 is 1. The van der Waals surface area contributed by atoms with E-state index in [4.69, 9.17) is 9.57 Å². The summed E-state index contributed by atoms with van der Waals surface area (Å²) in [6.07, 6.45) is 0. The van der Waals surface area contributed by atoms with Crippen LogP contribution in [0, 0.1) is 4.91 Å². The first kappa shape index (κ1) is 15.6. The Morgan fingerprint density at radius 3 is 2.79 bits per heavy atom. The molecule has 0 aliphatic carbocycles. The third-order valence-corrected chi connectivity index (χ3v) is 3.45. The normalized spacial score (nSPS) is 11.5. The van der Waals surface area contributed by atoms with Crippen molar-refractivity contribution in [3.63, 3.8) is 0 Å². The average molecular weight is 326 g/mol. The first-order valence-corrected chi connectivity index (χ1v) is 7.11. The molecule has 0 fully saturated rings. The van der Waals surface area contributed by atoms with Crippen molar-refractivity contribution in [1.29, 1.82) is 0 Å². The van der Waals surface area contributed by atoms with Crippen LogP contribution in [-0.2, 0) is 11.4 Å². The van der Waals surface area contributed by atoms with Gasteiger partial charge in [0.25, 0.3) is 0 Å². The molecule has 1 heterocycles. The fourth-order valence-electron chi connectivity index (χ4n) is 2.16. The maximum atomic E-state index is 10.8. The van der Waals surface area contributed by atoms with Crippen LogP contribution in [0.2, 0.25) is 0 Å². The second kappa shape index (κ2) is 6.86. The topological polar surface area (TPSA) is 99.2 Å². The molecular weight excluding hydrogens is 312 g/mol. The summed E-state index contributed by atoms with van der Waals surface area (Å²) in [5, 5.41) is 14.5. The molecule has 0 radical (unpaired) electrons. The monoisotopic (exact) mass is 326 g/mol. The number of benzene rings is 2. The molecule has 0 atom stereocenters. The van der Waals surface area contributed by atoms with Gasteiger partial charge in [-0.2, -0.15) is 0 Å². The number of fused-ring (bicyclic) bond motifs is 1. The lowest BCUT2D eigenvalue weighted by atomic mass is 10.1. The molecule has 0 saturated carbocycles. The van der Waals surface area contributed by atoms with E-state index in [1.807, 2.05) is 12.1 Å². The molecule has 3 aromatic rings. The number of hydrogen-bond donors (Lipinski definition) is 0. The van der Waals surface area contributed by atoms with E-state index < -0.39 is 0 Å². The minimum Gasteiger partial charge on any atom is -0.494 e. The van der Waals surface area contributed by atoms with Gasteiger partial charge in [0.15, 0.2) is 5.69 Å². The predicted molar refractivity (Wildman–Crippen MR) is 87.3 cm³/mol. The van der Waals surface area contributed by atoms with Crippen molar-refractivity contribution in [3.8, 4) is 5.75 Å². The Morgan fingerprint density at radius 1 is 1.17 bits per heavy atom. The molecule has 24 heavy (non-hydrogen) atoms. The second-order valence-electron chi connectivity index (χ2n) is 5.02. The molecule has 0 aliphatic rings. The van der Waals surface area contributed by atoms with Gasteiger partial charge in [-0.05, 0) is 58.3 Å². The molecule has 0 spiro atoms. The summed E-state index contributed by atoms with van der Waals surface area (Å²) in [5.74, 6) is 0.414. The lowest BCUT2D eigenvalue weighted by Crippen LogP contribution is -1.97. The van der Waals surface area contributed by atoms with Gasteiger partial charge in [0.2, 0.25) is 0 Å². The standard InChI is InChI=1S/C16H14N4O4/c1-10(12-4-6-16(22-2)15(8-12)17-21)18-23-9-11-3-5-13-14(7-11)20-24-19-13/h3-8H,9H2,1-2H3/b18-10+. The minimum absolute atomic E-state index is 0.216. The van der Waals surface area contributed by atoms with Crippen molar-refractivity contribution in [2.75, 3.05) is 7.11 Å². The first-order chi connectivity index (χ1) is 11.7. The number of methoxy groups -OCH3 is 1. The fourth-order valence-corrected chi connectivity index (χ4v) is 2.16. The molecular formula is C16H14N4O4. The van der Waals surface area contributed by atoms with E-state index in [1.54, 1.807) is 31.2 Å². The molecule has 8 nitrogen and oxygen atoms in total. The third kappa shape index (κ3) is 3.22. The van der Waals surface area contributed by atoms with Crippen LogP contribution in [0.1, 0.15) is 18.1 Å². The van der Waals surface area contributed by atoms with Crippen molar-refractivity contribution in [3.05, 3.63) is 52.4 Å². The Labute approximate surface area is 137 Å². The largest absolute Gasteiger partial charge is 0.494 e. The Hall–Kier alpha value is -3.29. The lowest BCUT2D eigenvalue weighted by Gasteiger charge is -2.06. The number of nitrogens with zero attached hydrogens (tertiary/aromatic N) is 4. The van der Waals surface area contributed by atoms with Crippen LogP contribution < -0.4 is 4.74 Å². The van der Waals surface area contributed by atoms with Gasteiger partial charge >= 0.3 is 0 Å². The highest BCUT2D eigenvalue weighted by molar-refractivity contribution is 5.99. The molecule has 0 aliphatic heterocycles. The van der Waals surface area contributed by atoms with Crippen LogP contribution in [0.15, 0.2) is 51.4 Å². The summed E-state index contributed by atoms with van der Waals surface area (Å²) < 4.78 is 9.70. The van der Waals surface area contributed by atoms with E-state index in [2.05, 4.69) is 25.3 Å². The Morgan fingerprint density at radius 2 is 2.00 bits per heavy atom. The molecule has 8 heteroatoms. The molecule has 0 amide bonds. The third-order valence-electron chi connectivity index (χ3n) is 3.45. The first-order valence-electron chi connectivity index (χ1n) is 7.11. The van der Waals surface area contributed by atoms with Gasteiger partial charge in [0.1, 0.15) is 23.4 Å². The number of oxime groups is 1. The summed E-state index contributed by atoms with van der Waals surface area (Å²) in [7, 11) is 1.48. The zero-order chi connectivity index (χ0) is 16.9. The SMILES string of the molecule is COc1ccc(/C(C)=N/OCc2ccc3nonc3c2)cc1N=O. The van der Waals surface area contributed by atoms with E-state index in [0.717, 1.165) is 11.1 Å². The molecule has 0 N–H and O–H groups in total. The summed E-state index contributed by atoms with van der Waals surface area (Å²) in [6, 6.07) is 10.5. The van der Waals surface area contributed by atoms with Gasteiger partial charge < -0.3 is 9.57 Å². The zero-order valence-corrected chi connectivity index (χ0v) is 13.1. The lowest BCUT2D eigenvalue weighted by molar-refractivity contribution is 0.130. The zero-order valence-electron chi connectivity index (χ0n) is 13.1. The van der Waals surface area contributed by atoms with Crippen LogP contribution in [0.25, 0.3) is 11.0 Å². The highest BCUT2D eigenvalue weighted by Crippen LogP contribution is 2.28. The number of ether oxygens (including phenoxy) is 1. The average Bonchev–Trinajstić information content (AvgIpc) is 3.08. The van der Waals surface area contributed by atoms with Gasteiger partial charge in [0.05, 0.1) is 12.8 Å². The Kier molecular flexibility index (Phi) is 4.46. The van der Waals surface area contributed by atoms with Crippen molar-refractivity contribution < 1.29 is 14.2 Å². The maximum Gasteiger partial charge on any atom is 0.150 e. The molecule has 122 valence electrons. The fraction of sp³-hybridized carbons (Fsp3) is 0.188. The van der Waals surface area contributed by atoms with Crippen LogP contribution in [-0.4, -0.2) is 23.1 Å². The molecule has 1 aromatic heterocycles. The van der Waals surface area contributed by atoms with Crippen molar-refractivity contribution >= 4 is 22.4 Å². The number of aromatic nitrogens is 2. The second-order valence-corrected chi connectivity index (χ2v) is 5.02.